The van der Waals surface area contributed by atoms with Crippen molar-refractivity contribution in [3.8, 4) is 0 Å². The van der Waals surface area contributed by atoms with Crippen LogP contribution in [0.25, 0.3) is 0 Å². The summed E-state index contributed by atoms with van der Waals surface area (Å²) in [6.45, 7) is 0.723. The van der Waals surface area contributed by atoms with Crippen LogP contribution in [0.2, 0.25) is 0 Å². The Morgan fingerprint density at radius 2 is 2.19 bits per heavy atom. The van der Waals surface area contributed by atoms with E-state index in [2.05, 4.69) is 26.2 Å². The molecule has 1 aromatic heterocycles. The number of hydrogen-bond donors (Lipinski definition) is 2. The van der Waals surface area contributed by atoms with Gasteiger partial charge in [-0.25, -0.2) is 4.98 Å². The third-order valence-electron chi connectivity index (χ3n) is 3.05. The second-order valence-corrected chi connectivity index (χ2v) is 5.10. The summed E-state index contributed by atoms with van der Waals surface area (Å²) in [7, 11) is 0. The Hall–Kier alpha value is -0.450. The number of nitrogens with one attached hydrogen (secondary N) is 1. The summed E-state index contributed by atoms with van der Waals surface area (Å²) in [6, 6.07) is 6.12. The maximum Gasteiger partial charge on any atom is 0.106 e. The third-order valence-corrected chi connectivity index (χ3v) is 3.49. The number of aliphatic hydroxyl groups excluding tert-OH is 1. The molecule has 4 heteroatoms. The van der Waals surface area contributed by atoms with E-state index in [1.54, 1.807) is 0 Å². The average Bonchev–Trinajstić information content (AvgIpc) is 2.28. The third kappa shape index (κ3) is 3.27. The summed E-state index contributed by atoms with van der Waals surface area (Å²) in [4.78, 5) is 4.36. The van der Waals surface area contributed by atoms with Crippen molar-refractivity contribution in [2.24, 2.45) is 0 Å². The molecule has 0 saturated heterocycles. The highest BCUT2D eigenvalue weighted by Crippen LogP contribution is 2.18. The fourth-order valence-electron chi connectivity index (χ4n) is 2.13. The highest BCUT2D eigenvalue weighted by molar-refractivity contribution is 9.10. The molecule has 1 saturated carbocycles. The molecule has 16 heavy (non-hydrogen) atoms. The number of hydrogen-bond acceptors (Lipinski definition) is 3. The SMILES string of the molecule is OC1CCCCC1NCc1cccc(Br)n1. The van der Waals surface area contributed by atoms with Gasteiger partial charge < -0.3 is 10.4 Å². The lowest BCUT2D eigenvalue weighted by atomic mass is 9.92. The molecule has 1 heterocycles. The smallest absolute Gasteiger partial charge is 0.106 e. The minimum Gasteiger partial charge on any atom is -0.392 e. The molecule has 88 valence electrons. The molecule has 0 aromatic carbocycles. The molecule has 2 N–H and O–H groups in total. The maximum absolute atomic E-state index is 9.81. The second kappa shape index (κ2) is 5.75. The topological polar surface area (TPSA) is 45.1 Å². The zero-order chi connectivity index (χ0) is 11.4. The fraction of sp³-hybridized carbons (Fsp3) is 0.583. The van der Waals surface area contributed by atoms with Gasteiger partial charge in [-0.2, -0.15) is 0 Å². The minimum absolute atomic E-state index is 0.194. The summed E-state index contributed by atoms with van der Waals surface area (Å²) in [5, 5.41) is 13.2. The summed E-state index contributed by atoms with van der Waals surface area (Å²) in [5.74, 6) is 0. The van der Waals surface area contributed by atoms with E-state index in [-0.39, 0.29) is 12.1 Å². The highest BCUT2D eigenvalue weighted by Gasteiger charge is 2.22. The minimum atomic E-state index is -0.194. The van der Waals surface area contributed by atoms with E-state index in [9.17, 15) is 5.11 Å². The molecule has 3 nitrogen and oxygen atoms in total. The predicted molar refractivity (Wildman–Crippen MR) is 67.0 cm³/mol. The van der Waals surface area contributed by atoms with Gasteiger partial charge in [-0.05, 0) is 40.9 Å². The van der Waals surface area contributed by atoms with Gasteiger partial charge in [0.05, 0.1) is 11.8 Å². The van der Waals surface area contributed by atoms with Crippen LogP contribution in [0, 0.1) is 0 Å². The van der Waals surface area contributed by atoms with E-state index in [1.807, 2.05) is 18.2 Å². The van der Waals surface area contributed by atoms with Gasteiger partial charge in [-0.3, -0.25) is 0 Å². The molecular formula is C12H17BrN2O. The largest absolute Gasteiger partial charge is 0.392 e. The van der Waals surface area contributed by atoms with Crippen molar-refractivity contribution in [2.45, 2.75) is 44.4 Å². The van der Waals surface area contributed by atoms with Gasteiger partial charge in [0, 0.05) is 12.6 Å². The van der Waals surface area contributed by atoms with Gasteiger partial charge in [0.25, 0.3) is 0 Å². The summed E-state index contributed by atoms with van der Waals surface area (Å²) in [5.41, 5.74) is 1.01. The first-order valence-corrected chi connectivity index (χ1v) is 6.58. The molecule has 0 amide bonds. The zero-order valence-electron chi connectivity index (χ0n) is 9.19. The maximum atomic E-state index is 9.81. The number of nitrogens with zero attached hydrogens (tertiary/aromatic N) is 1. The van der Waals surface area contributed by atoms with E-state index >= 15 is 0 Å². The van der Waals surface area contributed by atoms with Crippen molar-refractivity contribution in [1.29, 1.82) is 0 Å². The Kier molecular flexibility index (Phi) is 4.32. The van der Waals surface area contributed by atoms with Crippen LogP contribution >= 0.6 is 15.9 Å². The van der Waals surface area contributed by atoms with Crippen molar-refractivity contribution in [1.82, 2.24) is 10.3 Å². The van der Waals surface area contributed by atoms with Gasteiger partial charge >= 0.3 is 0 Å². The van der Waals surface area contributed by atoms with E-state index in [0.717, 1.165) is 36.1 Å². The first-order valence-electron chi connectivity index (χ1n) is 5.78. The number of rotatable bonds is 3. The van der Waals surface area contributed by atoms with Gasteiger partial charge in [-0.15, -0.1) is 0 Å². The Balaban J connectivity index is 1.86. The second-order valence-electron chi connectivity index (χ2n) is 4.29. The lowest BCUT2D eigenvalue weighted by molar-refractivity contribution is 0.0901. The molecule has 1 aliphatic rings. The van der Waals surface area contributed by atoms with Crippen LogP contribution in [0.15, 0.2) is 22.8 Å². The lowest BCUT2D eigenvalue weighted by Crippen LogP contribution is -2.41. The molecule has 2 rings (SSSR count). The summed E-state index contributed by atoms with van der Waals surface area (Å²) in [6.07, 6.45) is 4.15. The van der Waals surface area contributed by atoms with Crippen molar-refractivity contribution in [3.63, 3.8) is 0 Å². The fourth-order valence-corrected chi connectivity index (χ4v) is 2.51. The monoisotopic (exact) mass is 284 g/mol. The molecule has 1 aromatic rings. The Morgan fingerprint density at radius 3 is 2.94 bits per heavy atom. The molecule has 0 aliphatic heterocycles. The van der Waals surface area contributed by atoms with Gasteiger partial charge in [0.2, 0.25) is 0 Å². The van der Waals surface area contributed by atoms with Gasteiger partial charge in [0.15, 0.2) is 0 Å². The highest BCUT2D eigenvalue weighted by atomic mass is 79.9. The van der Waals surface area contributed by atoms with Crippen molar-refractivity contribution >= 4 is 15.9 Å². The van der Waals surface area contributed by atoms with Gasteiger partial charge in [0.1, 0.15) is 4.60 Å². The van der Waals surface area contributed by atoms with Crippen molar-refractivity contribution in [2.75, 3.05) is 0 Å². The van der Waals surface area contributed by atoms with E-state index in [0.29, 0.717) is 0 Å². The first-order chi connectivity index (χ1) is 7.75. The van der Waals surface area contributed by atoms with Crippen molar-refractivity contribution < 1.29 is 5.11 Å². The quantitative estimate of drug-likeness (QED) is 0.837. The van der Waals surface area contributed by atoms with Crippen LogP contribution in [0.1, 0.15) is 31.4 Å². The molecule has 0 spiro atoms. The van der Waals surface area contributed by atoms with Crippen LogP contribution in [0.5, 0.6) is 0 Å². The standard InChI is InChI=1S/C12H17BrN2O/c13-12-7-3-4-9(15-12)8-14-10-5-1-2-6-11(10)16/h3-4,7,10-11,14,16H,1-2,5-6,8H2. The summed E-state index contributed by atoms with van der Waals surface area (Å²) >= 11 is 3.35. The number of halogens is 1. The zero-order valence-corrected chi connectivity index (χ0v) is 10.8. The Morgan fingerprint density at radius 1 is 1.38 bits per heavy atom. The first kappa shape index (κ1) is 12.0. The molecule has 2 unspecified atom stereocenters. The summed E-state index contributed by atoms with van der Waals surface area (Å²) < 4.78 is 0.857. The van der Waals surface area contributed by atoms with Crippen LogP contribution in [0.3, 0.4) is 0 Å². The Labute approximate surface area is 104 Å². The number of pyridine rings is 1. The Bertz CT molecular complexity index is 346. The number of aromatic nitrogens is 1. The average molecular weight is 285 g/mol. The molecule has 1 aliphatic carbocycles. The molecule has 2 atom stereocenters. The normalized spacial score (nSPS) is 25.6. The molecule has 0 bridgehead atoms. The molecule has 1 fully saturated rings. The van der Waals surface area contributed by atoms with E-state index in [4.69, 9.17) is 0 Å². The molecular weight excluding hydrogens is 268 g/mol. The molecule has 0 radical (unpaired) electrons. The predicted octanol–water partition coefficient (Wildman–Crippen LogP) is 2.24. The van der Waals surface area contributed by atoms with Crippen molar-refractivity contribution in [3.05, 3.63) is 28.5 Å². The van der Waals surface area contributed by atoms with Gasteiger partial charge in [-0.1, -0.05) is 18.9 Å². The lowest BCUT2D eigenvalue weighted by Gasteiger charge is -2.28. The van der Waals surface area contributed by atoms with Crippen LogP contribution < -0.4 is 5.32 Å². The van der Waals surface area contributed by atoms with Crippen LogP contribution in [-0.4, -0.2) is 22.2 Å². The van der Waals surface area contributed by atoms with Crippen LogP contribution in [-0.2, 0) is 6.54 Å². The van der Waals surface area contributed by atoms with E-state index in [1.165, 1.54) is 6.42 Å². The number of aliphatic hydroxyl groups is 1. The van der Waals surface area contributed by atoms with E-state index < -0.39 is 0 Å². The van der Waals surface area contributed by atoms with Crippen LogP contribution in [0.4, 0.5) is 0 Å².